The lowest BCUT2D eigenvalue weighted by Gasteiger charge is -2.44. The van der Waals surface area contributed by atoms with Crippen LogP contribution in [0.1, 0.15) is 142 Å². The maximum atomic E-state index is 15.3. The minimum atomic E-state index is -2.01. The first-order valence-electron chi connectivity index (χ1n) is 27.1. The second-order valence-corrected chi connectivity index (χ2v) is 22.6. The number of carbonyl (C=O) groups excluding carboxylic acids is 3. The molecule has 73 heavy (non-hydrogen) atoms. The molecule has 4 aliphatic rings. The van der Waals surface area contributed by atoms with Crippen molar-refractivity contribution in [2.75, 3.05) is 41.0 Å². The van der Waals surface area contributed by atoms with E-state index in [0.29, 0.717) is 18.7 Å². The number of methoxy groups -OCH3 is 2. The lowest BCUT2D eigenvalue weighted by Crippen LogP contribution is -2.59. The van der Waals surface area contributed by atoms with Gasteiger partial charge < -0.3 is 67.5 Å². The Morgan fingerprint density at radius 3 is 2.11 bits per heavy atom. The number of esters is 2. The topological polar surface area (TPSA) is 229 Å². The predicted molar refractivity (Wildman–Crippen MR) is 271 cm³/mol. The Morgan fingerprint density at radius 2 is 1.49 bits per heavy atom. The van der Waals surface area contributed by atoms with Crippen LogP contribution >= 0.6 is 0 Å². The van der Waals surface area contributed by atoms with Gasteiger partial charge in [0.2, 0.25) is 0 Å². The number of cyclic esters (lactones) is 1. The van der Waals surface area contributed by atoms with Gasteiger partial charge in [-0.1, -0.05) is 73.4 Å². The molecule has 0 aromatic rings. The summed E-state index contributed by atoms with van der Waals surface area (Å²) in [6.07, 6.45) is -8.51. The zero-order valence-corrected chi connectivity index (χ0v) is 47.2. The molecular weight excluding hydrogens is 949 g/mol. The fourth-order valence-electron chi connectivity index (χ4n) is 11.5. The van der Waals surface area contributed by atoms with Crippen molar-refractivity contribution in [3.05, 3.63) is 0 Å². The molecule has 3 N–H and O–H groups in total. The maximum Gasteiger partial charge on any atom is 0.311 e. The molecule has 0 saturated carbocycles. The average Bonchev–Trinajstić information content (AvgIpc) is 3.45. The van der Waals surface area contributed by atoms with Crippen molar-refractivity contribution in [3.8, 4) is 0 Å². The molecule has 0 amide bonds. The zero-order chi connectivity index (χ0) is 54.6. The SMILES string of the molecule is CCCCCN1C[C@H](C)O[C@@H](O[C@H]2[C@H](C)[C@@H](O[C@@H]3O[C@H](C)CC(=NOC)[C@H]3O)[C@@H](C)C[C@](C)(O)C(=O)[C@H](C)[C@H](OC(=O)CC(C)C)[C@@H](C)[C@@H]([C@@H](C)CO[C@@H]3O[C@H](C)[C@@H](O)[C@@H](OC)[C@H]3OC)OC(=O)[C@@H]2C)CC1C. The van der Waals surface area contributed by atoms with E-state index in [1.807, 2.05) is 48.5 Å². The van der Waals surface area contributed by atoms with Crippen LogP contribution < -0.4 is 0 Å². The number of oxime groups is 1. The highest BCUT2D eigenvalue weighted by atomic mass is 16.7. The van der Waals surface area contributed by atoms with Crippen LogP contribution in [0.3, 0.4) is 0 Å². The molecule has 19 heteroatoms. The molecule has 0 aromatic heterocycles. The van der Waals surface area contributed by atoms with Gasteiger partial charge in [-0.15, -0.1) is 0 Å². The molecule has 0 aromatic carbocycles. The standard InChI is InChI=1S/C54H96N2O17/c1-18-19-20-21-56-26-33(8)67-41(23-31(56)6)71-47-34(9)44(73-52-43(59)39(55-65-17)24-32(7)68-52)29(4)25-54(14,62)50(60)36(11)46(70-40(57)22-28(2)3)35(10)45(72-51(61)37(47)12)30(5)27-66-53-49(64-16)48(63-15)42(58)38(13)69-53/h28-38,41-49,52-53,58-59,62H,18-27H2,1-17H3/t29-,30-,31?,32+,33-,34+,35-,36+,37+,38+,41-,42+,43+,44-,45+,46+,47-,48+,49+,52-,53+,54-/m0/s1. The van der Waals surface area contributed by atoms with E-state index in [1.165, 1.54) is 28.3 Å². The van der Waals surface area contributed by atoms with E-state index in [1.54, 1.807) is 27.7 Å². The number of aliphatic hydroxyl groups is 3. The van der Waals surface area contributed by atoms with Gasteiger partial charge in [0.05, 0.1) is 54.7 Å². The minimum Gasteiger partial charge on any atom is -0.461 e. The van der Waals surface area contributed by atoms with Crippen molar-refractivity contribution in [3.63, 3.8) is 0 Å². The molecule has 22 atom stereocenters. The monoisotopic (exact) mass is 1040 g/mol. The summed E-state index contributed by atoms with van der Waals surface area (Å²) in [5.41, 5.74) is -1.69. The van der Waals surface area contributed by atoms with E-state index in [0.717, 1.165) is 25.8 Å². The highest BCUT2D eigenvalue weighted by molar-refractivity contribution is 5.90. The Hall–Kier alpha value is -2.40. The lowest BCUT2D eigenvalue weighted by atomic mass is 9.74. The van der Waals surface area contributed by atoms with E-state index in [-0.39, 0.29) is 43.9 Å². The summed E-state index contributed by atoms with van der Waals surface area (Å²) in [5.74, 6) is -6.83. The second kappa shape index (κ2) is 28.8. The highest BCUT2D eigenvalue weighted by Crippen LogP contribution is 2.39. The van der Waals surface area contributed by atoms with Gasteiger partial charge in [0.25, 0.3) is 0 Å². The Morgan fingerprint density at radius 1 is 0.822 bits per heavy atom. The van der Waals surface area contributed by atoms with Crippen LogP contribution in [0.15, 0.2) is 5.16 Å². The van der Waals surface area contributed by atoms with Crippen LogP contribution in [0, 0.1) is 41.4 Å². The maximum absolute atomic E-state index is 15.3. The van der Waals surface area contributed by atoms with Crippen LogP contribution in [-0.4, -0.2) is 182 Å². The number of Topliss-reactive ketones (excluding diaryl/α,β-unsaturated/α-hetero) is 1. The largest absolute Gasteiger partial charge is 0.461 e. The summed E-state index contributed by atoms with van der Waals surface area (Å²) in [6.45, 7) is 27.3. The van der Waals surface area contributed by atoms with Crippen molar-refractivity contribution in [2.24, 2.45) is 46.6 Å². The fourth-order valence-corrected chi connectivity index (χ4v) is 11.5. The van der Waals surface area contributed by atoms with Crippen molar-refractivity contribution >= 4 is 23.4 Å². The van der Waals surface area contributed by atoms with Gasteiger partial charge in [-0.2, -0.15) is 0 Å². The number of ether oxygens (including phenoxy) is 10. The number of unbranched alkanes of at least 4 members (excludes halogenated alkanes) is 2. The van der Waals surface area contributed by atoms with Crippen LogP contribution in [0.2, 0.25) is 0 Å². The number of ketones is 1. The molecule has 1 unspecified atom stereocenters. The minimum absolute atomic E-state index is 0.0528. The normalized spacial score (nSPS) is 42.0. The van der Waals surface area contributed by atoms with Gasteiger partial charge in [0, 0.05) is 63.8 Å². The zero-order valence-electron chi connectivity index (χ0n) is 47.2. The smallest absolute Gasteiger partial charge is 0.311 e. The molecule has 4 saturated heterocycles. The Balaban J connectivity index is 1.88. The number of nitrogens with zero attached hydrogens (tertiary/aromatic N) is 2. The number of hydrogen-bond acceptors (Lipinski definition) is 19. The van der Waals surface area contributed by atoms with E-state index in [9.17, 15) is 24.9 Å². The van der Waals surface area contributed by atoms with Gasteiger partial charge in [-0.05, 0) is 72.8 Å². The second-order valence-electron chi connectivity index (χ2n) is 22.6. The highest BCUT2D eigenvalue weighted by Gasteiger charge is 2.51. The van der Waals surface area contributed by atoms with Crippen LogP contribution in [-0.2, 0) is 66.6 Å². The summed E-state index contributed by atoms with van der Waals surface area (Å²) < 4.78 is 63.6. The van der Waals surface area contributed by atoms with Gasteiger partial charge in [0.15, 0.2) is 24.7 Å². The van der Waals surface area contributed by atoms with Gasteiger partial charge in [-0.3, -0.25) is 19.3 Å². The quantitative estimate of drug-likeness (QED) is 0.0833. The first kappa shape index (κ1) is 63.1. The third-order valence-electron chi connectivity index (χ3n) is 15.5. The summed E-state index contributed by atoms with van der Waals surface area (Å²) in [4.78, 5) is 51.4. The number of carbonyl (C=O) groups is 3. The molecule has 424 valence electrons. The molecule has 19 nitrogen and oxygen atoms in total. The van der Waals surface area contributed by atoms with Crippen molar-refractivity contribution in [1.29, 1.82) is 0 Å². The molecule has 4 aliphatic heterocycles. The van der Waals surface area contributed by atoms with Crippen LogP contribution in [0.5, 0.6) is 0 Å². The van der Waals surface area contributed by atoms with Crippen LogP contribution in [0.25, 0.3) is 0 Å². The average molecular weight is 1050 g/mol. The van der Waals surface area contributed by atoms with E-state index in [2.05, 4.69) is 23.9 Å². The third-order valence-corrected chi connectivity index (χ3v) is 15.5. The molecule has 0 bridgehead atoms. The first-order chi connectivity index (χ1) is 34.3. The first-order valence-corrected chi connectivity index (χ1v) is 27.1. The van der Waals surface area contributed by atoms with E-state index < -0.39 is 139 Å². The molecule has 0 spiro atoms. The van der Waals surface area contributed by atoms with E-state index >= 15 is 4.79 Å². The Labute approximate surface area is 436 Å². The Bertz CT molecular complexity index is 1740. The van der Waals surface area contributed by atoms with Crippen molar-refractivity contribution in [2.45, 2.75) is 240 Å². The molecule has 0 aliphatic carbocycles. The lowest BCUT2D eigenvalue weighted by molar-refractivity contribution is -0.305. The summed E-state index contributed by atoms with van der Waals surface area (Å²) >= 11 is 0. The molecule has 4 heterocycles. The summed E-state index contributed by atoms with van der Waals surface area (Å²) in [6, 6.07) is 0.0698. The molecule has 0 radical (unpaired) electrons. The Kier molecular flexibility index (Phi) is 24.9. The van der Waals surface area contributed by atoms with Gasteiger partial charge in [-0.25, -0.2) is 0 Å². The van der Waals surface area contributed by atoms with Crippen molar-refractivity contribution < 1.29 is 81.9 Å². The fraction of sp³-hybridized carbons (Fsp3) is 0.926. The summed E-state index contributed by atoms with van der Waals surface area (Å²) in [7, 11) is 4.32. The molecule has 4 rings (SSSR count). The molecular formula is C54H96N2O17. The number of rotatable bonds is 18. The van der Waals surface area contributed by atoms with E-state index in [4.69, 9.17) is 52.2 Å². The molecule has 4 fully saturated rings. The van der Waals surface area contributed by atoms with Crippen molar-refractivity contribution in [1.82, 2.24) is 4.90 Å². The van der Waals surface area contributed by atoms with Crippen LogP contribution in [0.4, 0.5) is 0 Å². The van der Waals surface area contributed by atoms with Gasteiger partial charge in [0.1, 0.15) is 49.3 Å². The third kappa shape index (κ3) is 16.8. The predicted octanol–water partition coefficient (Wildman–Crippen LogP) is 5.83. The summed E-state index contributed by atoms with van der Waals surface area (Å²) in [5, 5.41) is 39.1. The number of hydrogen-bond donors (Lipinski definition) is 3. The number of aliphatic hydroxyl groups excluding tert-OH is 2. The van der Waals surface area contributed by atoms with Gasteiger partial charge >= 0.3 is 11.9 Å².